The predicted molar refractivity (Wildman–Crippen MR) is 112 cm³/mol. The molecule has 2 heterocycles. The summed E-state index contributed by atoms with van der Waals surface area (Å²) in [7, 11) is 1.59. The Morgan fingerprint density at radius 1 is 1.19 bits per heavy atom. The minimum Gasteiger partial charge on any atom is -0.354 e. The molecule has 1 aromatic heterocycles. The Morgan fingerprint density at radius 3 is 2.55 bits per heavy atom. The molecule has 1 fully saturated rings. The molecule has 0 spiro atoms. The molecule has 1 aromatic carbocycles. The summed E-state index contributed by atoms with van der Waals surface area (Å²) in [6.07, 6.45) is 1.17. The maximum absolute atomic E-state index is 13.5. The van der Waals surface area contributed by atoms with E-state index in [9.17, 15) is 23.6 Å². The highest BCUT2D eigenvalue weighted by Crippen LogP contribution is 2.24. The molecule has 0 radical (unpaired) electrons. The molecule has 0 saturated carbocycles. The number of hydrogen-bond donors (Lipinski definition) is 3. The Balaban J connectivity index is 1.84. The second-order valence-corrected chi connectivity index (χ2v) is 7.70. The number of amides is 3. The Labute approximate surface area is 179 Å². The number of nitrogens with zero attached hydrogens (tertiary/aromatic N) is 1. The normalized spacial score (nSPS) is 15.9. The van der Waals surface area contributed by atoms with Crippen molar-refractivity contribution < 1.29 is 23.6 Å². The molecule has 31 heavy (non-hydrogen) atoms. The van der Waals surface area contributed by atoms with Gasteiger partial charge in [-0.25, -0.2) is 4.39 Å². The number of Topliss-reactive ketones (excluding diaryl/α,β-unsaturated/α-hetero) is 1. The van der Waals surface area contributed by atoms with Gasteiger partial charge >= 0.3 is 0 Å². The lowest BCUT2D eigenvalue weighted by atomic mass is 10.0. The third kappa shape index (κ3) is 4.35. The first kappa shape index (κ1) is 22.2. The van der Waals surface area contributed by atoms with Crippen LogP contribution in [0.15, 0.2) is 18.2 Å². The number of benzene rings is 1. The molecule has 1 unspecified atom stereocenters. The SMILES string of the molecule is Cc1cc(NC(=O)c2c(C)c(C(=O)C(=O)NC3CCCNC3=O)n(C)c2C)ccc1F. The summed E-state index contributed by atoms with van der Waals surface area (Å²) >= 11 is 0. The Bertz CT molecular complexity index is 1090. The number of aryl methyl sites for hydroxylation is 1. The van der Waals surface area contributed by atoms with Gasteiger partial charge in [-0.3, -0.25) is 19.2 Å². The first-order valence-corrected chi connectivity index (χ1v) is 9.98. The first-order valence-electron chi connectivity index (χ1n) is 9.98. The van der Waals surface area contributed by atoms with Crippen LogP contribution in [0.5, 0.6) is 0 Å². The molecule has 1 atom stereocenters. The highest BCUT2D eigenvalue weighted by atomic mass is 19.1. The molecular weight excluding hydrogens is 403 g/mol. The number of hydrogen-bond acceptors (Lipinski definition) is 4. The van der Waals surface area contributed by atoms with Crippen LogP contribution in [0.4, 0.5) is 10.1 Å². The minimum atomic E-state index is -0.896. The lowest BCUT2D eigenvalue weighted by molar-refractivity contribution is -0.128. The number of anilines is 1. The number of piperidine rings is 1. The highest BCUT2D eigenvalue weighted by molar-refractivity contribution is 6.43. The molecule has 1 aliphatic rings. The molecule has 8 nitrogen and oxygen atoms in total. The van der Waals surface area contributed by atoms with Crippen LogP contribution in [0.3, 0.4) is 0 Å². The molecule has 1 aliphatic heterocycles. The van der Waals surface area contributed by atoms with Crippen molar-refractivity contribution in [3.05, 3.63) is 52.1 Å². The quantitative estimate of drug-likeness (QED) is 0.499. The van der Waals surface area contributed by atoms with Gasteiger partial charge in [-0.2, -0.15) is 0 Å². The van der Waals surface area contributed by atoms with Gasteiger partial charge in [-0.1, -0.05) is 0 Å². The van der Waals surface area contributed by atoms with E-state index in [1.54, 1.807) is 27.8 Å². The van der Waals surface area contributed by atoms with Gasteiger partial charge in [0.25, 0.3) is 17.6 Å². The van der Waals surface area contributed by atoms with E-state index in [-0.39, 0.29) is 23.0 Å². The lowest BCUT2D eigenvalue weighted by Gasteiger charge is -2.22. The highest BCUT2D eigenvalue weighted by Gasteiger charge is 2.31. The average molecular weight is 428 g/mol. The molecule has 3 N–H and O–H groups in total. The minimum absolute atomic E-state index is 0.0756. The molecular formula is C22H25FN4O4. The monoisotopic (exact) mass is 428 g/mol. The van der Waals surface area contributed by atoms with Crippen LogP contribution in [0.1, 0.15) is 50.5 Å². The van der Waals surface area contributed by atoms with E-state index >= 15 is 0 Å². The molecule has 3 amide bonds. The van der Waals surface area contributed by atoms with Crippen molar-refractivity contribution in [2.45, 2.75) is 39.7 Å². The molecule has 3 rings (SSSR count). The number of aromatic nitrogens is 1. The Kier molecular flexibility index (Phi) is 6.24. The molecule has 0 aliphatic carbocycles. The number of rotatable bonds is 5. The summed E-state index contributed by atoms with van der Waals surface area (Å²) in [5.74, 6) is -2.88. The standard InChI is InChI=1S/C22H25FN4O4/c1-11-10-14(7-8-15(11)23)25-21(30)17-12(2)18(27(4)13(17)3)19(28)22(31)26-16-6-5-9-24-20(16)29/h7-8,10,16H,5-6,9H2,1-4H3,(H,24,29)(H,25,30)(H,26,31). The Morgan fingerprint density at radius 2 is 1.90 bits per heavy atom. The van der Waals surface area contributed by atoms with Crippen molar-refractivity contribution in [2.75, 3.05) is 11.9 Å². The predicted octanol–water partition coefficient (Wildman–Crippen LogP) is 1.92. The van der Waals surface area contributed by atoms with Gasteiger partial charge in [0.15, 0.2) is 0 Å². The van der Waals surface area contributed by atoms with Crippen molar-refractivity contribution >= 4 is 29.2 Å². The lowest BCUT2D eigenvalue weighted by Crippen LogP contribution is -2.51. The van der Waals surface area contributed by atoms with Crippen molar-refractivity contribution in [3.8, 4) is 0 Å². The van der Waals surface area contributed by atoms with E-state index < -0.39 is 23.6 Å². The van der Waals surface area contributed by atoms with E-state index in [1.165, 1.54) is 22.8 Å². The van der Waals surface area contributed by atoms with Crippen molar-refractivity contribution in [1.82, 2.24) is 15.2 Å². The summed E-state index contributed by atoms with van der Waals surface area (Å²) in [5, 5.41) is 7.84. The van der Waals surface area contributed by atoms with Crippen LogP contribution in [0.25, 0.3) is 0 Å². The van der Waals surface area contributed by atoms with Gasteiger partial charge < -0.3 is 20.5 Å². The maximum Gasteiger partial charge on any atom is 0.294 e. The summed E-state index contributed by atoms with van der Waals surface area (Å²) in [4.78, 5) is 50.1. The van der Waals surface area contributed by atoms with Crippen LogP contribution in [0, 0.1) is 26.6 Å². The number of halogens is 1. The van der Waals surface area contributed by atoms with Gasteiger partial charge in [0.1, 0.15) is 11.9 Å². The van der Waals surface area contributed by atoms with Crippen molar-refractivity contribution in [3.63, 3.8) is 0 Å². The van der Waals surface area contributed by atoms with Crippen LogP contribution >= 0.6 is 0 Å². The average Bonchev–Trinajstić information content (AvgIpc) is 2.94. The molecule has 0 bridgehead atoms. The van der Waals surface area contributed by atoms with E-state index in [2.05, 4.69) is 16.0 Å². The van der Waals surface area contributed by atoms with Crippen LogP contribution < -0.4 is 16.0 Å². The van der Waals surface area contributed by atoms with E-state index in [4.69, 9.17) is 0 Å². The third-order valence-corrected chi connectivity index (χ3v) is 5.59. The van der Waals surface area contributed by atoms with Crippen LogP contribution in [-0.4, -0.2) is 40.7 Å². The summed E-state index contributed by atoms with van der Waals surface area (Å²) in [5.41, 5.74) is 1.99. The zero-order chi connectivity index (χ0) is 22.9. The largest absolute Gasteiger partial charge is 0.354 e. The van der Waals surface area contributed by atoms with Gasteiger partial charge in [-0.05, 0) is 62.9 Å². The van der Waals surface area contributed by atoms with Crippen molar-refractivity contribution in [2.24, 2.45) is 7.05 Å². The van der Waals surface area contributed by atoms with Gasteiger partial charge in [0.05, 0.1) is 11.3 Å². The fraction of sp³-hybridized carbons (Fsp3) is 0.364. The third-order valence-electron chi connectivity index (χ3n) is 5.59. The van der Waals surface area contributed by atoms with E-state index in [0.717, 1.165) is 0 Å². The summed E-state index contributed by atoms with van der Waals surface area (Å²) in [6, 6.07) is 3.46. The number of carbonyl (C=O) groups is 4. The van der Waals surface area contributed by atoms with E-state index in [0.29, 0.717) is 41.9 Å². The zero-order valence-electron chi connectivity index (χ0n) is 17.9. The first-order chi connectivity index (χ1) is 14.6. The zero-order valence-corrected chi connectivity index (χ0v) is 17.9. The molecule has 9 heteroatoms. The van der Waals surface area contributed by atoms with Crippen LogP contribution in [0.2, 0.25) is 0 Å². The molecule has 1 saturated heterocycles. The Hall–Kier alpha value is -3.49. The summed E-state index contributed by atoms with van der Waals surface area (Å²) in [6.45, 7) is 5.39. The smallest absolute Gasteiger partial charge is 0.294 e. The van der Waals surface area contributed by atoms with Gasteiger partial charge in [0.2, 0.25) is 5.91 Å². The number of nitrogens with one attached hydrogen (secondary N) is 3. The van der Waals surface area contributed by atoms with Gasteiger partial charge in [0, 0.05) is 25.0 Å². The summed E-state index contributed by atoms with van der Waals surface area (Å²) < 4.78 is 15.0. The number of ketones is 1. The molecule has 2 aromatic rings. The van der Waals surface area contributed by atoms with Crippen molar-refractivity contribution in [1.29, 1.82) is 0 Å². The molecule has 164 valence electrons. The van der Waals surface area contributed by atoms with Crippen LogP contribution in [-0.2, 0) is 16.6 Å². The fourth-order valence-electron chi connectivity index (χ4n) is 3.79. The fourth-order valence-corrected chi connectivity index (χ4v) is 3.79. The maximum atomic E-state index is 13.5. The van der Waals surface area contributed by atoms with E-state index in [1.807, 2.05) is 0 Å². The second kappa shape index (κ2) is 8.71. The topological polar surface area (TPSA) is 109 Å². The number of carbonyl (C=O) groups excluding carboxylic acids is 4. The second-order valence-electron chi connectivity index (χ2n) is 7.70. The van der Waals surface area contributed by atoms with Gasteiger partial charge in [-0.15, -0.1) is 0 Å².